The van der Waals surface area contributed by atoms with E-state index in [1.54, 1.807) is 18.7 Å². The molecule has 1 aromatic carbocycles. The molecule has 0 saturated carbocycles. The summed E-state index contributed by atoms with van der Waals surface area (Å²) in [4.78, 5) is 15.8. The van der Waals surface area contributed by atoms with Crippen molar-refractivity contribution >= 4 is 11.6 Å². The van der Waals surface area contributed by atoms with Crippen molar-refractivity contribution in [3.63, 3.8) is 0 Å². The Kier molecular flexibility index (Phi) is 3.79. The van der Waals surface area contributed by atoms with E-state index >= 15 is 0 Å². The molecule has 2 rings (SSSR count). The number of nitrogen functional groups attached to an aromatic ring is 1. The average Bonchev–Trinajstić information content (AvgIpc) is 2.84. The molecule has 0 aliphatic carbocycles. The van der Waals surface area contributed by atoms with E-state index in [4.69, 9.17) is 5.73 Å². The van der Waals surface area contributed by atoms with Crippen LogP contribution in [-0.4, -0.2) is 21.5 Å². The number of halogens is 1. The van der Waals surface area contributed by atoms with E-state index in [2.05, 4.69) is 10.3 Å². The third-order valence-electron chi connectivity index (χ3n) is 2.66. The Morgan fingerprint density at radius 3 is 3.05 bits per heavy atom. The van der Waals surface area contributed by atoms with Crippen molar-refractivity contribution in [2.24, 2.45) is 0 Å². The lowest BCUT2D eigenvalue weighted by molar-refractivity contribution is 0.0932. The summed E-state index contributed by atoms with van der Waals surface area (Å²) in [7, 11) is 0. The van der Waals surface area contributed by atoms with E-state index < -0.39 is 11.7 Å². The maximum atomic E-state index is 13.5. The summed E-state index contributed by atoms with van der Waals surface area (Å²) in [5, 5.41) is 2.72. The monoisotopic (exact) mass is 262 g/mol. The molecule has 6 heteroatoms. The summed E-state index contributed by atoms with van der Waals surface area (Å²) in [6, 6.07) is 3.78. The lowest BCUT2D eigenvalue weighted by Crippen LogP contribution is -2.35. The number of anilines is 1. The van der Waals surface area contributed by atoms with E-state index in [1.807, 2.05) is 11.5 Å². The number of imidazole rings is 1. The summed E-state index contributed by atoms with van der Waals surface area (Å²) in [6.45, 7) is 2.40. The van der Waals surface area contributed by atoms with E-state index in [0.717, 1.165) is 0 Å². The fraction of sp³-hybridized carbons (Fsp3) is 0.231. The fourth-order valence-electron chi connectivity index (χ4n) is 1.78. The molecule has 0 bridgehead atoms. The Labute approximate surface area is 110 Å². The van der Waals surface area contributed by atoms with Gasteiger partial charge in [0.25, 0.3) is 5.91 Å². The second-order valence-corrected chi connectivity index (χ2v) is 4.37. The molecule has 5 nitrogen and oxygen atoms in total. The van der Waals surface area contributed by atoms with E-state index in [0.29, 0.717) is 12.2 Å². The number of nitrogens with one attached hydrogen (secondary N) is 1. The first kappa shape index (κ1) is 13.1. The van der Waals surface area contributed by atoms with E-state index in [9.17, 15) is 9.18 Å². The number of nitrogens with zero attached hydrogens (tertiary/aromatic N) is 2. The highest BCUT2D eigenvalue weighted by Gasteiger charge is 2.14. The maximum Gasteiger partial charge on any atom is 0.254 e. The van der Waals surface area contributed by atoms with Crippen LogP contribution in [0.15, 0.2) is 36.9 Å². The van der Waals surface area contributed by atoms with Gasteiger partial charge in [0.2, 0.25) is 0 Å². The molecule has 0 aliphatic rings. The smallest absolute Gasteiger partial charge is 0.254 e. The van der Waals surface area contributed by atoms with Gasteiger partial charge in [0.15, 0.2) is 0 Å². The molecule has 1 unspecified atom stereocenters. The van der Waals surface area contributed by atoms with E-state index in [-0.39, 0.29) is 11.6 Å². The first-order valence-electron chi connectivity index (χ1n) is 5.88. The van der Waals surface area contributed by atoms with Crippen LogP contribution in [0.4, 0.5) is 10.1 Å². The van der Waals surface area contributed by atoms with Gasteiger partial charge in [-0.1, -0.05) is 0 Å². The van der Waals surface area contributed by atoms with Crippen molar-refractivity contribution in [2.45, 2.75) is 19.5 Å². The van der Waals surface area contributed by atoms with E-state index in [1.165, 1.54) is 18.2 Å². The van der Waals surface area contributed by atoms with Crippen LogP contribution < -0.4 is 11.1 Å². The summed E-state index contributed by atoms with van der Waals surface area (Å²) in [5.41, 5.74) is 5.86. The molecule has 2 aromatic rings. The van der Waals surface area contributed by atoms with Crippen LogP contribution in [0, 0.1) is 5.82 Å². The number of carbonyl (C=O) groups is 1. The molecule has 0 spiro atoms. The minimum absolute atomic E-state index is 0.0440. The topological polar surface area (TPSA) is 72.9 Å². The zero-order valence-electron chi connectivity index (χ0n) is 10.5. The number of nitrogens with two attached hydrogens (primary N) is 1. The average molecular weight is 262 g/mol. The van der Waals surface area contributed by atoms with Crippen molar-refractivity contribution in [1.29, 1.82) is 0 Å². The SMILES string of the molecule is CC(Cn1ccnc1)NC(=O)c1cc(N)ccc1F. The normalized spacial score (nSPS) is 12.1. The Bertz CT molecular complexity index is 568. The quantitative estimate of drug-likeness (QED) is 0.818. The third-order valence-corrected chi connectivity index (χ3v) is 2.66. The molecular weight excluding hydrogens is 247 g/mol. The molecule has 0 fully saturated rings. The molecule has 3 N–H and O–H groups in total. The molecule has 0 radical (unpaired) electrons. The van der Waals surface area contributed by atoms with Crippen molar-refractivity contribution in [3.8, 4) is 0 Å². The number of hydrogen-bond donors (Lipinski definition) is 2. The van der Waals surface area contributed by atoms with Crippen LogP contribution in [0.5, 0.6) is 0 Å². The van der Waals surface area contributed by atoms with Crippen molar-refractivity contribution in [1.82, 2.24) is 14.9 Å². The van der Waals surface area contributed by atoms with Crippen molar-refractivity contribution in [3.05, 3.63) is 48.3 Å². The Morgan fingerprint density at radius 2 is 2.37 bits per heavy atom. The summed E-state index contributed by atoms with van der Waals surface area (Å²) in [6.07, 6.45) is 5.11. The predicted octanol–water partition coefficient (Wildman–Crippen LogP) is 1.42. The molecule has 1 aromatic heterocycles. The van der Waals surface area contributed by atoms with Gasteiger partial charge < -0.3 is 15.6 Å². The van der Waals surface area contributed by atoms with Crippen LogP contribution in [0.1, 0.15) is 17.3 Å². The zero-order chi connectivity index (χ0) is 13.8. The Hall–Kier alpha value is -2.37. The number of aromatic nitrogens is 2. The minimum Gasteiger partial charge on any atom is -0.399 e. The third kappa shape index (κ3) is 3.31. The molecule has 0 aliphatic heterocycles. The van der Waals surface area contributed by atoms with Crippen LogP contribution in [0.25, 0.3) is 0 Å². The standard InChI is InChI=1S/C13H15FN4O/c1-9(7-18-5-4-16-8-18)17-13(19)11-6-10(15)2-3-12(11)14/h2-6,8-9H,7,15H2,1H3,(H,17,19). The highest BCUT2D eigenvalue weighted by Crippen LogP contribution is 2.12. The van der Waals surface area contributed by atoms with Crippen LogP contribution in [-0.2, 0) is 6.54 Å². The number of rotatable bonds is 4. The highest BCUT2D eigenvalue weighted by atomic mass is 19.1. The number of benzene rings is 1. The first-order chi connectivity index (χ1) is 9.06. The number of amides is 1. The molecule has 0 saturated heterocycles. The maximum absolute atomic E-state index is 13.5. The molecule has 1 heterocycles. The Morgan fingerprint density at radius 1 is 1.58 bits per heavy atom. The van der Waals surface area contributed by atoms with Gasteiger partial charge in [0.1, 0.15) is 5.82 Å². The van der Waals surface area contributed by atoms with Crippen molar-refractivity contribution in [2.75, 3.05) is 5.73 Å². The highest BCUT2D eigenvalue weighted by molar-refractivity contribution is 5.95. The van der Waals surface area contributed by atoms with Gasteiger partial charge in [0, 0.05) is 30.7 Å². The summed E-state index contributed by atoms with van der Waals surface area (Å²) in [5.74, 6) is -1.06. The van der Waals surface area contributed by atoms with Gasteiger partial charge >= 0.3 is 0 Å². The Balaban J connectivity index is 2.02. The van der Waals surface area contributed by atoms with Crippen molar-refractivity contribution < 1.29 is 9.18 Å². The summed E-state index contributed by atoms with van der Waals surface area (Å²) < 4.78 is 15.4. The van der Waals surface area contributed by atoms with Gasteiger partial charge in [-0.25, -0.2) is 9.37 Å². The first-order valence-corrected chi connectivity index (χ1v) is 5.88. The number of hydrogen-bond acceptors (Lipinski definition) is 3. The fourth-order valence-corrected chi connectivity index (χ4v) is 1.78. The largest absolute Gasteiger partial charge is 0.399 e. The minimum atomic E-state index is -0.582. The van der Waals surface area contributed by atoms with Crippen LogP contribution in [0.2, 0.25) is 0 Å². The molecule has 100 valence electrons. The van der Waals surface area contributed by atoms with Gasteiger partial charge in [0.05, 0.1) is 11.9 Å². The van der Waals surface area contributed by atoms with Gasteiger partial charge in [-0.3, -0.25) is 4.79 Å². The summed E-state index contributed by atoms with van der Waals surface area (Å²) >= 11 is 0. The lowest BCUT2D eigenvalue weighted by Gasteiger charge is -2.14. The molecule has 1 amide bonds. The van der Waals surface area contributed by atoms with Gasteiger partial charge in [-0.05, 0) is 25.1 Å². The van der Waals surface area contributed by atoms with Crippen LogP contribution >= 0.6 is 0 Å². The lowest BCUT2D eigenvalue weighted by atomic mass is 10.1. The molecule has 19 heavy (non-hydrogen) atoms. The second-order valence-electron chi connectivity index (χ2n) is 4.37. The predicted molar refractivity (Wildman–Crippen MR) is 70.0 cm³/mol. The van der Waals surface area contributed by atoms with Crippen LogP contribution in [0.3, 0.4) is 0 Å². The molecular formula is C13H15FN4O. The van der Waals surface area contributed by atoms with Gasteiger partial charge in [-0.15, -0.1) is 0 Å². The van der Waals surface area contributed by atoms with Gasteiger partial charge in [-0.2, -0.15) is 0 Å². The zero-order valence-corrected chi connectivity index (χ0v) is 10.5. The molecule has 1 atom stereocenters. The number of carbonyl (C=O) groups excluding carboxylic acids is 1. The second kappa shape index (κ2) is 5.51.